The number of carbonyl (C=O) groups excluding carboxylic acids is 2. The molecule has 0 unspecified atom stereocenters. The Kier molecular flexibility index (Phi) is 3.66. The van der Waals surface area contributed by atoms with Gasteiger partial charge in [-0.2, -0.15) is 0 Å². The summed E-state index contributed by atoms with van der Waals surface area (Å²) in [7, 11) is 0. The van der Waals surface area contributed by atoms with Gasteiger partial charge >= 0.3 is 0 Å². The number of hydrogen-bond donors (Lipinski definition) is 2. The van der Waals surface area contributed by atoms with Crippen molar-refractivity contribution in [3.8, 4) is 22.6 Å². The number of carbonyl (C=O) groups is 2. The van der Waals surface area contributed by atoms with Crippen LogP contribution in [0, 0.1) is 0 Å². The third kappa shape index (κ3) is 2.40. The number of rotatable bonds is 3. The summed E-state index contributed by atoms with van der Waals surface area (Å²) in [6, 6.07) is 16.9. The molecule has 0 atom stereocenters. The normalized spacial score (nSPS) is 10.9. The molecular weight excluding hydrogens is 328 g/mol. The van der Waals surface area contributed by atoms with Crippen LogP contribution in [0.5, 0.6) is 11.5 Å². The number of hydrogen-bond acceptors (Lipinski definition) is 4. The lowest BCUT2D eigenvalue weighted by atomic mass is 9.91. The summed E-state index contributed by atoms with van der Waals surface area (Å²) >= 11 is 0. The van der Waals surface area contributed by atoms with Crippen molar-refractivity contribution in [1.29, 1.82) is 0 Å². The standard InChI is InChI=1S/C22H14O4/c23-11-13-1-5-17-15(9-13)3-7-19(25)21(17)22-18-6-2-14(12-24)10-16(18)4-8-20(22)26/h1-12,25-26H. The largest absolute Gasteiger partial charge is 0.507 e. The fourth-order valence-corrected chi connectivity index (χ4v) is 3.35. The van der Waals surface area contributed by atoms with Crippen LogP contribution in [-0.4, -0.2) is 22.8 Å². The lowest BCUT2D eigenvalue weighted by Crippen LogP contribution is -1.89. The Labute approximate surface area is 148 Å². The van der Waals surface area contributed by atoms with Gasteiger partial charge in [0.05, 0.1) is 0 Å². The fraction of sp³-hybridized carbons (Fsp3) is 0. The molecule has 0 amide bonds. The van der Waals surface area contributed by atoms with Gasteiger partial charge in [0, 0.05) is 22.3 Å². The van der Waals surface area contributed by atoms with E-state index in [1.165, 1.54) is 0 Å². The summed E-state index contributed by atoms with van der Waals surface area (Å²) in [6.07, 6.45) is 1.53. The van der Waals surface area contributed by atoms with Crippen molar-refractivity contribution in [1.82, 2.24) is 0 Å². The van der Waals surface area contributed by atoms with Gasteiger partial charge in [-0.1, -0.05) is 36.4 Å². The highest BCUT2D eigenvalue weighted by Gasteiger charge is 2.17. The zero-order valence-corrected chi connectivity index (χ0v) is 13.6. The Balaban J connectivity index is 2.12. The van der Waals surface area contributed by atoms with Crippen molar-refractivity contribution in [2.24, 2.45) is 0 Å². The summed E-state index contributed by atoms with van der Waals surface area (Å²) in [6.45, 7) is 0. The van der Waals surface area contributed by atoms with E-state index >= 15 is 0 Å². The van der Waals surface area contributed by atoms with Crippen LogP contribution in [0.4, 0.5) is 0 Å². The molecule has 2 N–H and O–H groups in total. The van der Waals surface area contributed by atoms with Gasteiger partial charge in [0.25, 0.3) is 0 Å². The molecule has 0 bridgehead atoms. The SMILES string of the molecule is O=Cc1ccc2c(-c3c(O)ccc4cc(C=O)ccc34)c(O)ccc2c1. The molecule has 0 saturated carbocycles. The van der Waals surface area contributed by atoms with Gasteiger partial charge in [-0.15, -0.1) is 0 Å². The van der Waals surface area contributed by atoms with Crippen LogP contribution in [0.3, 0.4) is 0 Å². The van der Waals surface area contributed by atoms with Gasteiger partial charge in [0.2, 0.25) is 0 Å². The van der Waals surface area contributed by atoms with Crippen LogP contribution >= 0.6 is 0 Å². The minimum Gasteiger partial charge on any atom is -0.507 e. The highest BCUT2D eigenvalue weighted by molar-refractivity contribution is 6.10. The number of phenolic OH excluding ortho intramolecular Hbond substituents is 2. The van der Waals surface area contributed by atoms with E-state index in [0.29, 0.717) is 22.3 Å². The molecule has 4 aromatic carbocycles. The van der Waals surface area contributed by atoms with Crippen molar-refractivity contribution in [2.45, 2.75) is 0 Å². The third-order valence-corrected chi connectivity index (χ3v) is 4.57. The van der Waals surface area contributed by atoms with Crippen molar-refractivity contribution in [3.63, 3.8) is 0 Å². The van der Waals surface area contributed by atoms with Crippen molar-refractivity contribution >= 4 is 34.1 Å². The summed E-state index contributed by atoms with van der Waals surface area (Å²) in [4.78, 5) is 22.1. The first-order valence-electron chi connectivity index (χ1n) is 8.04. The van der Waals surface area contributed by atoms with Gasteiger partial charge in [-0.25, -0.2) is 0 Å². The predicted octanol–water partition coefficient (Wildman–Crippen LogP) is 4.70. The Morgan fingerprint density at radius 1 is 0.577 bits per heavy atom. The van der Waals surface area contributed by atoms with Crippen LogP contribution in [-0.2, 0) is 0 Å². The van der Waals surface area contributed by atoms with E-state index in [4.69, 9.17) is 0 Å². The van der Waals surface area contributed by atoms with E-state index in [1.54, 1.807) is 60.7 Å². The molecule has 0 saturated heterocycles. The van der Waals surface area contributed by atoms with E-state index in [1.807, 2.05) is 0 Å². The Morgan fingerprint density at radius 2 is 1.00 bits per heavy atom. The van der Waals surface area contributed by atoms with Crippen LogP contribution in [0.2, 0.25) is 0 Å². The fourth-order valence-electron chi connectivity index (χ4n) is 3.35. The number of aromatic hydroxyl groups is 2. The highest BCUT2D eigenvalue weighted by Crippen LogP contribution is 2.44. The predicted molar refractivity (Wildman–Crippen MR) is 101 cm³/mol. The van der Waals surface area contributed by atoms with Gasteiger partial charge in [-0.3, -0.25) is 9.59 Å². The number of benzene rings is 4. The lowest BCUT2D eigenvalue weighted by Gasteiger charge is -2.14. The minimum atomic E-state index is 0.0265. The van der Waals surface area contributed by atoms with E-state index in [0.717, 1.165) is 34.1 Å². The topological polar surface area (TPSA) is 74.6 Å². The molecule has 0 aliphatic heterocycles. The first kappa shape index (κ1) is 15.8. The molecule has 0 heterocycles. The molecule has 4 rings (SSSR count). The summed E-state index contributed by atoms with van der Waals surface area (Å²) in [5.41, 5.74) is 2.04. The summed E-state index contributed by atoms with van der Waals surface area (Å²) in [5, 5.41) is 24.1. The zero-order valence-electron chi connectivity index (χ0n) is 13.6. The van der Waals surface area contributed by atoms with Crippen LogP contribution in [0.15, 0.2) is 60.7 Å². The second-order valence-corrected chi connectivity index (χ2v) is 6.12. The lowest BCUT2D eigenvalue weighted by molar-refractivity contribution is 0.111. The van der Waals surface area contributed by atoms with Gasteiger partial charge in [0.15, 0.2) is 0 Å². The molecule has 26 heavy (non-hydrogen) atoms. The Bertz CT molecular complexity index is 1100. The Hall–Kier alpha value is -3.66. The maximum absolute atomic E-state index is 11.0. The quantitative estimate of drug-likeness (QED) is 0.529. The first-order valence-corrected chi connectivity index (χ1v) is 8.04. The molecule has 0 radical (unpaired) electrons. The van der Waals surface area contributed by atoms with Crippen LogP contribution in [0.1, 0.15) is 20.7 Å². The highest BCUT2D eigenvalue weighted by atomic mass is 16.3. The molecule has 0 spiro atoms. The molecule has 0 fully saturated rings. The smallest absolute Gasteiger partial charge is 0.150 e. The molecule has 4 nitrogen and oxygen atoms in total. The van der Waals surface area contributed by atoms with Crippen molar-refractivity contribution < 1.29 is 19.8 Å². The average molecular weight is 342 g/mol. The van der Waals surface area contributed by atoms with E-state index in [2.05, 4.69) is 0 Å². The molecule has 0 aliphatic carbocycles. The Morgan fingerprint density at radius 3 is 1.38 bits per heavy atom. The summed E-state index contributed by atoms with van der Waals surface area (Å²) < 4.78 is 0. The number of aldehydes is 2. The van der Waals surface area contributed by atoms with Gasteiger partial charge in [-0.05, 0) is 45.8 Å². The third-order valence-electron chi connectivity index (χ3n) is 4.57. The van der Waals surface area contributed by atoms with Crippen LogP contribution < -0.4 is 0 Å². The second kappa shape index (κ2) is 6.01. The van der Waals surface area contributed by atoms with Crippen LogP contribution in [0.25, 0.3) is 32.7 Å². The van der Waals surface area contributed by atoms with Gasteiger partial charge < -0.3 is 10.2 Å². The monoisotopic (exact) mass is 342 g/mol. The van der Waals surface area contributed by atoms with E-state index < -0.39 is 0 Å². The maximum Gasteiger partial charge on any atom is 0.150 e. The molecular formula is C22H14O4. The minimum absolute atomic E-state index is 0.0265. The van der Waals surface area contributed by atoms with Crippen molar-refractivity contribution in [2.75, 3.05) is 0 Å². The number of fused-ring (bicyclic) bond motifs is 2. The molecule has 4 aromatic rings. The molecule has 126 valence electrons. The maximum atomic E-state index is 11.0. The molecule has 4 heteroatoms. The first-order chi connectivity index (χ1) is 12.6. The molecule has 0 aliphatic rings. The second-order valence-electron chi connectivity index (χ2n) is 6.12. The number of phenols is 2. The van der Waals surface area contributed by atoms with E-state index in [-0.39, 0.29) is 11.5 Å². The van der Waals surface area contributed by atoms with E-state index in [9.17, 15) is 19.8 Å². The van der Waals surface area contributed by atoms with Crippen molar-refractivity contribution in [3.05, 3.63) is 71.8 Å². The molecule has 0 aromatic heterocycles. The zero-order chi connectivity index (χ0) is 18.3. The average Bonchev–Trinajstić information content (AvgIpc) is 2.68. The van der Waals surface area contributed by atoms with Gasteiger partial charge in [0.1, 0.15) is 24.1 Å². The summed E-state index contributed by atoms with van der Waals surface area (Å²) in [5.74, 6) is 0.0530.